The van der Waals surface area contributed by atoms with E-state index in [0.29, 0.717) is 18.5 Å². The van der Waals surface area contributed by atoms with Crippen molar-refractivity contribution in [3.63, 3.8) is 0 Å². The predicted octanol–water partition coefficient (Wildman–Crippen LogP) is 2.11. The lowest BCUT2D eigenvalue weighted by Crippen LogP contribution is -2.40. The monoisotopic (exact) mass is 365 g/mol. The summed E-state index contributed by atoms with van der Waals surface area (Å²) in [5.41, 5.74) is 1.61. The van der Waals surface area contributed by atoms with E-state index in [9.17, 15) is 14.7 Å². The maximum absolute atomic E-state index is 12.7. The minimum atomic E-state index is -0.873. The van der Waals surface area contributed by atoms with Crippen LogP contribution < -0.4 is 5.32 Å². The average Bonchev–Trinajstić information content (AvgIpc) is 3.28. The van der Waals surface area contributed by atoms with Crippen molar-refractivity contribution in [1.82, 2.24) is 25.3 Å². The highest BCUT2D eigenvalue weighted by Crippen LogP contribution is 2.27. The fourth-order valence-corrected chi connectivity index (χ4v) is 3.72. The molecule has 1 amide bonds. The van der Waals surface area contributed by atoms with E-state index in [2.05, 4.69) is 20.6 Å². The van der Waals surface area contributed by atoms with Crippen LogP contribution in [0, 0.1) is 12.8 Å². The first-order chi connectivity index (χ1) is 13.1. The number of carbonyl (C=O) groups excluding carboxylic acids is 1. The van der Waals surface area contributed by atoms with Crippen LogP contribution in [0.4, 0.5) is 0 Å². The van der Waals surface area contributed by atoms with Crippen LogP contribution >= 0.6 is 0 Å². The number of fused-ring (bicyclic) bond motifs is 1. The van der Waals surface area contributed by atoms with E-state index < -0.39 is 11.9 Å². The van der Waals surface area contributed by atoms with E-state index in [1.807, 2.05) is 24.3 Å². The van der Waals surface area contributed by atoms with Crippen molar-refractivity contribution in [2.24, 2.45) is 5.92 Å². The molecule has 1 fully saturated rings. The molecule has 138 valence electrons. The third-order valence-electron chi connectivity index (χ3n) is 5.15. The lowest BCUT2D eigenvalue weighted by molar-refractivity contribution is -0.142. The van der Waals surface area contributed by atoms with Crippen LogP contribution in [-0.2, 0) is 4.79 Å². The number of carboxylic acid groups (broad SMARTS) is 1. The molecule has 27 heavy (non-hydrogen) atoms. The summed E-state index contributed by atoms with van der Waals surface area (Å²) in [6, 6.07) is 7.28. The summed E-state index contributed by atoms with van der Waals surface area (Å²) in [6.07, 6.45) is 5.50. The molecular weight excluding hydrogens is 346 g/mol. The number of carboxylic acids is 1. The lowest BCUT2D eigenvalue weighted by atomic mass is 10.0. The summed E-state index contributed by atoms with van der Waals surface area (Å²) in [4.78, 5) is 28.1. The van der Waals surface area contributed by atoms with Crippen molar-refractivity contribution in [1.29, 1.82) is 0 Å². The summed E-state index contributed by atoms with van der Waals surface area (Å²) in [5, 5.41) is 22.2. The van der Waals surface area contributed by atoms with Gasteiger partial charge < -0.3 is 10.4 Å². The highest BCUT2D eigenvalue weighted by atomic mass is 16.4. The minimum Gasteiger partial charge on any atom is -0.481 e. The van der Waals surface area contributed by atoms with E-state index in [4.69, 9.17) is 0 Å². The van der Waals surface area contributed by atoms with Crippen LogP contribution in [0.1, 0.15) is 35.4 Å². The maximum Gasteiger partial charge on any atom is 0.308 e. The number of benzene rings is 1. The molecule has 4 rings (SSSR count). The fourth-order valence-electron chi connectivity index (χ4n) is 3.72. The number of amides is 1. The second-order valence-electron chi connectivity index (χ2n) is 6.76. The SMILES string of the molecule is Cc1c(C(=O)N[C@@H]2CCC[C@@H]2C(=O)O)nnn1-c1cccc2cnccc12. The van der Waals surface area contributed by atoms with Gasteiger partial charge in [-0.1, -0.05) is 23.8 Å². The molecule has 1 aliphatic carbocycles. The normalized spacial score (nSPS) is 19.3. The van der Waals surface area contributed by atoms with Crippen molar-refractivity contribution >= 4 is 22.6 Å². The molecule has 2 aromatic heterocycles. The highest BCUT2D eigenvalue weighted by molar-refractivity contribution is 5.94. The van der Waals surface area contributed by atoms with Gasteiger partial charge in [0, 0.05) is 29.2 Å². The first kappa shape index (κ1) is 17.1. The molecular formula is C19H19N5O3. The average molecular weight is 365 g/mol. The van der Waals surface area contributed by atoms with Gasteiger partial charge in [-0.15, -0.1) is 5.10 Å². The Morgan fingerprint density at radius 3 is 2.93 bits per heavy atom. The van der Waals surface area contributed by atoms with Gasteiger partial charge in [0.05, 0.1) is 17.3 Å². The first-order valence-corrected chi connectivity index (χ1v) is 8.85. The predicted molar refractivity (Wildman–Crippen MR) is 97.6 cm³/mol. The van der Waals surface area contributed by atoms with E-state index in [1.54, 1.807) is 24.0 Å². The van der Waals surface area contributed by atoms with Crippen LogP contribution in [0.15, 0.2) is 36.7 Å². The van der Waals surface area contributed by atoms with Crippen molar-refractivity contribution in [2.45, 2.75) is 32.2 Å². The number of aromatic nitrogens is 4. The van der Waals surface area contributed by atoms with Gasteiger partial charge >= 0.3 is 5.97 Å². The largest absolute Gasteiger partial charge is 0.481 e. The zero-order valence-corrected chi connectivity index (χ0v) is 14.8. The number of nitrogens with zero attached hydrogens (tertiary/aromatic N) is 4. The van der Waals surface area contributed by atoms with Crippen molar-refractivity contribution in [3.8, 4) is 5.69 Å². The number of carbonyl (C=O) groups is 2. The molecule has 8 heteroatoms. The third-order valence-corrected chi connectivity index (χ3v) is 5.15. The highest BCUT2D eigenvalue weighted by Gasteiger charge is 2.34. The Bertz CT molecular complexity index is 1020. The summed E-state index contributed by atoms with van der Waals surface area (Å²) >= 11 is 0. The number of hydrogen-bond acceptors (Lipinski definition) is 5. The zero-order valence-electron chi connectivity index (χ0n) is 14.8. The van der Waals surface area contributed by atoms with E-state index in [-0.39, 0.29) is 17.6 Å². The van der Waals surface area contributed by atoms with Gasteiger partial charge in [-0.2, -0.15) is 0 Å². The van der Waals surface area contributed by atoms with Crippen LogP contribution in [0.25, 0.3) is 16.5 Å². The van der Waals surface area contributed by atoms with E-state index in [0.717, 1.165) is 22.9 Å². The summed E-state index contributed by atoms with van der Waals surface area (Å²) in [5.74, 6) is -1.81. The molecule has 0 aliphatic heterocycles. The standard InChI is InChI=1S/C19H19N5O3/c1-11-17(18(25)21-15-6-3-5-14(15)19(26)27)22-23-24(11)16-7-2-4-12-10-20-9-8-13(12)16/h2,4,7-10,14-15H,3,5-6H2,1H3,(H,21,25)(H,26,27)/t14-,15+/m0/s1. The molecule has 1 aliphatic rings. The van der Waals surface area contributed by atoms with E-state index in [1.165, 1.54) is 0 Å². The molecule has 3 aromatic rings. The molecule has 8 nitrogen and oxygen atoms in total. The summed E-state index contributed by atoms with van der Waals surface area (Å²) < 4.78 is 1.63. The molecule has 2 N–H and O–H groups in total. The zero-order chi connectivity index (χ0) is 19.0. The molecule has 2 heterocycles. The van der Waals surface area contributed by atoms with Gasteiger partial charge in [0.2, 0.25) is 0 Å². The Morgan fingerprint density at radius 2 is 2.11 bits per heavy atom. The minimum absolute atomic E-state index is 0.206. The van der Waals surface area contributed by atoms with Crippen LogP contribution in [0.5, 0.6) is 0 Å². The van der Waals surface area contributed by atoms with E-state index >= 15 is 0 Å². The van der Waals surface area contributed by atoms with Gasteiger partial charge in [-0.25, -0.2) is 4.68 Å². The quantitative estimate of drug-likeness (QED) is 0.733. The van der Waals surface area contributed by atoms with Crippen molar-refractivity contribution in [3.05, 3.63) is 48.0 Å². The smallest absolute Gasteiger partial charge is 0.308 e. The Hall–Kier alpha value is -3.29. The van der Waals surface area contributed by atoms with Crippen LogP contribution in [0.3, 0.4) is 0 Å². The third kappa shape index (κ3) is 3.03. The van der Waals surface area contributed by atoms with Crippen LogP contribution in [0.2, 0.25) is 0 Å². The Morgan fingerprint density at radius 1 is 1.26 bits per heavy atom. The number of aliphatic carboxylic acids is 1. The van der Waals surface area contributed by atoms with Gasteiger partial charge in [-0.3, -0.25) is 14.6 Å². The maximum atomic E-state index is 12.7. The molecule has 0 radical (unpaired) electrons. The summed E-state index contributed by atoms with van der Waals surface area (Å²) in [7, 11) is 0. The molecule has 0 bridgehead atoms. The topological polar surface area (TPSA) is 110 Å². The number of nitrogens with one attached hydrogen (secondary N) is 1. The van der Waals surface area contributed by atoms with Gasteiger partial charge in [0.15, 0.2) is 5.69 Å². The Labute approximate surface area is 155 Å². The second-order valence-corrected chi connectivity index (χ2v) is 6.76. The number of rotatable bonds is 4. The van der Waals surface area contributed by atoms with Crippen LogP contribution in [-0.4, -0.2) is 43.0 Å². The van der Waals surface area contributed by atoms with Gasteiger partial charge in [0.1, 0.15) is 0 Å². The molecule has 0 spiro atoms. The number of hydrogen-bond donors (Lipinski definition) is 2. The first-order valence-electron chi connectivity index (χ1n) is 8.85. The molecule has 0 saturated heterocycles. The second kappa shape index (κ2) is 6.79. The van der Waals surface area contributed by atoms with Gasteiger partial charge in [0.25, 0.3) is 5.91 Å². The fraction of sp³-hybridized carbons (Fsp3) is 0.316. The molecule has 2 atom stereocenters. The van der Waals surface area contributed by atoms with Crippen molar-refractivity contribution < 1.29 is 14.7 Å². The number of pyridine rings is 1. The molecule has 1 saturated carbocycles. The summed E-state index contributed by atoms with van der Waals surface area (Å²) in [6.45, 7) is 1.78. The molecule has 0 unspecified atom stereocenters. The molecule has 1 aromatic carbocycles. The van der Waals surface area contributed by atoms with Crippen molar-refractivity contribution in [2.75, 3.05) is 0 Å². The Kier molecular flexibility index (Phi) is 4.31. The Balaban J connectivity index is 1.64. The lowest BCUT2D eigenvalue weighted by Gasteiger charge is -2.16. The van der Waals surface area contributed by atoms with Gasteiger partial charge in [-0.05, 0) is 31.9 Å².